The van der Waals surface area contributed by atoms with E-state index in [9.17, 15) is 22.4 Å². The van der Waals surface area contributed by atoms with Crippen LogP contribution in [-0.2, 0) is 4.79 Å². The van der Waals surface area contributed by atoms with Crippen molar-refractivity contribution in [2.75, 3.05) is 18.5 Å². The predicted octanol–water partition coefficient (Wildman–Crippen LogP) is 3.03. The molecule has 0 bridgehead atoms. The lowest BCUT2D eigenvalue weighted by molar-refractivity contribution is -0.117. The lowest BCUT2D eigenvalue weighted by Gasteiger charge is -2.24. The highest BCUT2D eigenvalue weighted by atomic mass is 32.2. The van der Waals surface area contributed by atoms with Gasteiger partial charge in [-0.05, 0) is 23.9 Å². The van der Waals surface area contributed by atoms with Gasteiger partial charge in [-0.2, -0.15) is 23.1 Å². The molecule has 0 fully saturated rings. The normalized spacial score (nSPS) is 17.6. The van der Waals surface area contributed by atoms with Crippen LogP contribution in [0.1, 0.15) is 24.2 Å². The van der Waals surface area contributed by atoms with Gasteiger partial charge < -0.3 is 9.47 Å². The van der Waals surface area contributed by atoms with Crippen LogP contribution in [0.15, 0.2) is 18.2 Å². The first-order valence-electron chi connectivity index (χ1n) is 7.78. The maximum Gasteiger partial charge on any atom is 0.454 e. The van der Waals surface area contributed by atoms with Crippen LogP contribution in [0.25, 0.3) is 0 Å². The average molecular weight is 418 g/mol. The Kier molecular flexibility index (Phi) is 5.24. The quantitative estimate of drug-likeness (QED) is 0.561. The summed E-state index contributed by atoms with van der Waals surface area (Å²) >= 11 is 0. The van der Waals surface area contributed by atoms with Crippen LogP contribution in [0.2, 0.25) is 0 Å². The number of hydrogen-bond donors (Lipinski definition) is 0. The fourth-order valence-electron chi connectivity index (χ4n) is 2.79. The van der Waals surface area contributed by atoms with Crippen molar-refractivity contribution in [1.29, 1.82) is 0 Å². The Balaban J connectivity index is 2.24. The summed E-state index contributed by atoms with van der Waals surface area (Å²) in [5.41, 5.74) is -5.20. The number of benzene rings is 1. The van der Waals surface area contributed by atoms with E-state index in [0.29, 0.717) is 4.31 Å². The van der Waals surface area contributed by atoms with E-state index in [-0.39, 0.29) is 23.4 Å². The van der Waals surface area contributed by atoms with Crippen molar-refractivity contribution in [3.05, 3.63) is 35.4 Å². The fraction of sp³-hybridized carbons (Fsp3) is 0.312. The van der Waals surface area contributed by atoms with Crippen LogP contribution >= 0.6 is 10.7 Å². The largest absolute Gasteiger partial charge is 0.467 e. The molecule has 0 saturated carbocycles. The molecule has 1 aromatic carbocycles. The summed E-state index contributed by atoms with van der Waals surface area (Å²) in [6.45, 7) is 1.16. The molecule has 2 heterocycles. The number of amides is 1. The highest BCUT2D eigenvalue weighted by Crippen LogP contribution is 2.51. The zero-order chi connectivity index (χ0) is 20.6. The molecule has 1 aliphatic heterocycles. The van der Waals surface area contributed by atoms with Crippen LogP contribution < -0.4 is 13.8 Å². The van der Waals surface area contributed by atoms with Gasteiger partial charge in [0.05, 0.1) is 19.9 Å². The molecule has 2 unspecified atom stereocenters. The maximum atomic E-state index is 14.5. The lowest BCUT2D eigenvalue weighted by atomic mass is 10.00. The molecule has 28 heavy (non-hydrogen) atoms. The summed E-state index contributed by atoms with van der Waals surface area (Å²) in [5, 5.41) is 0.811. The highest BCUT2D eigenvalue weighted by molar-refractivity contribution is 8.17. The Morgan fingerprint density at radius 2 is 1.75 bits per heavy atom. The molecule has 12 heteroatoms. The van der Waals surface area contributed by atoms with Gasteiger partial charge in [0.15, 0.2) is 5.82 Å². The van der Waals surface area contributed by atoms with E-state index in [4.69, 9.17) is 9.47 Å². The van der Waals surface area contributed by atoms with Crippen molar-refractivity contribution >= 4 is 27.6 Å². The SMILES string of the molecule is C/C=S(/N1C(=O)C(c2nc(OC)nc(OC)n2)c2cccc(F)c21)C(F)(F)F. The van der Waals surface area contributed by atoms with Gasteiger partial charge in [0.25, 0.3) is 5.91 Å². The molecule has 0 spiro atoms. The summed E-state index contributed by atoms with van der Waals surface area (Å²) in [5.74, 6) is -3.53. The van der Waals surface area contributed by atoms with Gasteiger partial charge in [-0.25, -0.2) is 8.70 Å². The number of nitrogens with zero attached hydrogens (tertiary/aromatic N) is 4. The van der Waals surface area contributed by atoms with Crippen LogP contribution in [0.5, 0.6) is 12.0 Å². The molecule has 1 amide bonds. The van der Waals surface area contributed by atoms with Gasteiger partial charge in [0.2, 0.25) is 0 Å². The fourth-order valence-corrected chi connectivity index (χ4v) is 4.17. The van der Waals surface area contributed by atoms with E-state index < -0.39 is 39.5 Å². The van der Waals surface area contributed by atoms with Crippen molar-refractivity contribution in [1.82, 2.24) is 15.0 Å². The van der Waals surface area contributed by atoms with Gasteiger partial charge in [-0.3, -0.25) is 4.79 Å². The van der Waals surface area contributed by atoms with Gasteiger partial charge in [-0.15, -0.1) is 4.98 Å². The number of halogens is 4. The molecule has 0 aliphatic carbocycles. The summed E-state index contributed by atoms with van der Waals surface area (Å²) in [6.07, 6.45) is 0. The molecule has 7 nitrogen and oxygen atoms in total. The average Bonchev–Trinajstić information content (AvgIpc) is 2.94. The molecule has 0 N–H and O–H groups in total. The molecule has 1 aliphatic rings. The molecule has 150 valence electrons. The topological polar surface area (TPSA) is 77.4 Å². The summed E-state index contributed by atoms with van der Waals surface area (Å²) in [6, 6.07) is 3.27. The van der Waals surface area contributed by atoms with E-state index >= 15 is 0 Å². The van der Waals surface area contributed by atoms with Crippen LogP contribution in [0.3, 0.4) is 0 Å². The van der Waals surface area contributed by atoms with Crippen LogP contribution in [0.4, 0.5) is 23.2 Å². The summed E-state index contributed by atoms with van der Waals surface area (Å²) < 4.78 is 65.3. The monoisotopic (exact) mass is 418 g/mol. The summed E-state index contributed by atoms with van der Waals surface area (Å²) in [7, 11) is -0.118. The lowest BCUT2D eigenvalue weighted by Crippen LogP contribution is -2.30. The van der Waals surface area contributed by atoms with Gasteiger partial charge in [0, 0.05) is 10.7 Å². The van der Waals surface area contributed by atoms with Gasteiger partial charge in [0.1, 0.15) is 11.7 Å². The Bertz CT molecular complexity index is 945. The third-order valence-electron chi connectivity index (χ3n) is 3.87. The van der Waals surface area contributed by atoms with E-state index in [1.54, 1.807) is 0 Å². The third-order valence-corrected chi connectivity index (χ3v) is 5.55. The maximum absolute atomic E-state index is 14.5. The Morgan fingerprint density at radius 3 is 2.25 bits per heavy atom. The Morgan fingerprint density at radius 1 is 1.14 bits per heavy atom. The number of hydrogen-bond acceptors (Lipinski definition) is 6. The van der Waals surface area contributed by atoms with Crippen molar-refractivity contribution in [2.24, 2.45) is 0 Å². The minimum absolute atomic E-state index is 0.0175. The van der Waals surface area contributed by atoms with E-state index in [1.165, 1.54) is 26.4 Å². The minimum Gasteiger partial charge on any atom is -0.467 e. The second kappa shape index (κ2) is 7.34. The van der Waals surface area contributed by atoms with Crippen molar-refractivity contribution in [3.8, 4) is 12.0 Å². The zero-order valence-electron chi connectivity index (χ0n) is 14.8. The second-order valence-electron chi connectivity index (χ2n) is 5.41. The number of rotatable bonds is 4. The number of methoxy groups -OCH3 is 2. The predicted molar refractivity (Wildman–Crippen MR) is 94.0 cm³/mol. The first kappa shape index (κ1) is 20.0. The molecule has 0 saturated heterocycles. The van der Waals surface area contributed by atoms with E-state index in [1.807, 2.05) is 0 Å². The van der Waals surface area contributed by atoms with E-state index in [0.717, 1.165) is 18.4 Å². The Labute approximate surface area is 159 Å². The first-order chi connectivity index (χ1) is 13.2. The molecular weight excluding hydrogens is 404 g/mol. The number of anilines is 1. The number of aromatic nitrogens is 3. The number of carbonyl (C=O) groups is 1. The van der Waals surface area contributed by atoms with Crippen molar-refractivity contribution < 1.29 is 31.8 Å². The smallest absolute Gasteiger partial charge is 0.454 e. The molecule has 2 aromatic rings. The van der Waals surface area contributed by atoms with Crippen molar-refractivity contribution in [2.45, 2.75) is 18.3 Å². The van der Waals surface area contributed by atoms with Gasteiger partial charge >= 0.3 is 17.5 Å². The number of ether oxygens (including phenoxy) is 2. The number of alkyl halides is 3. The third kappa shape index (κ3) is 3.28. The first-order valence-corrected chi connectivity index (χ1v) is 9.03. The standard InChI is InChI=1S/C16H14F4N4O3S/c1-4-28(16(18,19)20)24-11-8(6-5-7-9(11)17)10(13(24)25)12-21-14(26-2)23-15(22-12)27-3/h4-7,10H,1-3H3. The highest BCUT2D eigenvalue weighted by Gasteiger charge is 2.49. The molecular formula is C16H14F4N4O3S. The van der Waals surface area contributed by atoms with Crippen molar-refractivity contribution in [3.63, 3.8) is 0 Å². The van der Waals surface area contributed by atoms with Crippen LogP contribution in [0, 0.1) is 5.82 Å². The minimum atomic E-state index is -4.77. The van der Waals surface area contributed by atoms with Crippen LogP contribution in [-0.4, -0.2) is 46.0 Å². The Hall–Kier alpha value is -2.76. The van der Waals surface area contributed by atoms with Gasteiger partial charge in [-0.1, -0.05) is 12.1 Å². The van der Waals surface area contributed by atoms with E-state index in [2.05, 4.69) is 15.0 Å². The second-order valence-corrected chi connectivity index (χ2v) is 7.33. The number of fused-ring (bicyclic) bond motifs is 1. The summed E-state index contributed by atoms with van der Waals surface area (Å²) in [4.78, 5) is 24.7. The molecule has 0 radical (unpaired) electrons. The molecule has 1 aromatic heterocycles. The number of carbonyl (C=O) groups excluding carboxylic acids is 1. The molecule has 3 rings (SSSR count). The molecule has 2 atom stereocenters. The number of para-hydroxylation sites is 1. The zero-order valence-corrected chi connectivity index (χ0v) is 15.6.